The molecule has 0 aliphatic heterocycles. The first-order valence-corrected chi connectivity index (χ1v) is 5.53. The Kier molecular flexibility index (Phi) is 3.91. The van der Waals surface area contributed by atoms with Crippen LogP contribution in [0.25, 0.3) is 5.57 Å². The zero-order valence-electron chi connectivity index (χ0n) is 9.83. The first-order chi connectivity index (χ1) is 7.49. The first-order valence-electron chi connectivity index (χ1n) is 5.53. The van der Waals surface area contributed by atoms with Crippen LogP contribution in [0.2, 0.25) is 0 Å². The van der Waals surface area contributed by atoms with Crippen LogP contribution in [0, 0.1) is 13.8 Å². The molecule has 0 saturated carbocycles. The van der Waals surface area contributed by atoms with E-state index in [1.54, 1.807) is 0 Å². The maximum atomic E-state index is 5.83. The normalized spacial score (nSPS) is 17.3. The van der Waals surface area contributed by atoms with Crippen LogP contribution in [0.5, 0.6) is 0 Å². The lowest BCUT2D eigenvalue weighted by Crippen LogP contribution is -2.47. The lowest BCUT2D eigenvalue weighted by molar-refractivity contribution is 0.559. The Morgan fingerprint density at radius 3 is 2.47 bits per heavy atom. The maximum Gasteiger partial charge on any atom is 0.0867 e. The third kappa shape index (κ3) is 2.84. The number of hydrogen-bond donors (Lipinski definition) is 2. The molecule has 1 aliphatic carbocycles. The summed E-state index contributed by atoms with van der Waals surface area (Å²) in [7, 11) is 0. The van der Waals surface area contributed by atoms with Gasteiger partial charge in [-0.05, 0) is 42.2 Å². The molecule has 0 heterocycles. The van der Waals surface area contributed by atoms with E-state index in [-0.39, 0.29) is 7.43 Å². The fourth-order valence-electron chi connectivity index (χ4n) is 1.93. The summed E-state index contributed by atoms with van der Waals surface area (Å²) >= 11 is 0. The summed E-state index contributed by atoms with van der Waals surface area (Å²) in [4.78, 5) is 0. The van der Waals surface area contributed by atoms with E-state index in [1.807, 2.05) is 12.2 Å². The highest BCUT2D eigenvalue weighted by Crippen LogP contribution is 2.26. The number of aryl methyl sites for hydroxylation is 1. The van der Waals surface area contributed by atoms with Crippen LogP contribution < -0.4 is 11.5 Å². The summed E-state index contributed by atoms with van der Waals surface area (Å²) in [5, 5.41) is 0. The van der Waals surface area contributed by atoms with Crippen molar-refractivity contribution >= 4 is 5.57 Å². The molecule has 92 valence electrons. The Hall–Kier alpha value is -1.38. The van der Waals surface area contributed by atoms with Crippen LogP contribution in [0.4, 0.5) is 0 Å². The molecule has 0 radical (unpaired) electrons. The zero-order valence-corrected chi connectivity index (χ0v) is 9.83. The third-order valence-corrected chi connectivity index (χ3v) is 3.16. The van der Waals surface area contributed by atoms with Gasteiger partial charge < -0.3 is 11.5 Å². The van der Waals surface area contributed by atoms with Gasteiger partial charge in [0.05, 0.1) is 5.66 Å². The van der Waals surface area contributed by atoms with E-state index in [2.05, 4.69) is 38.1 Å². The third-order valence-electron chi connectivity index (χ3n) is 3.16. The van der Waals surface area contributed by atoms with Crippen LogP contribution in [-0.2, 0) is 0 Å². The largest absolute Gasteiger partial charge is 0.310 e. The standard InChI is InChI=1S/C14H18N2.CH4/c1-10-4-3-5-13(11(10)2)12-6-8-14(15,16)9-7-12;/h3-8H,9,15-16H2,1-2H3;1H4. The van der Waals surface area contributed by atoms with Crippen LogP contribution in [-0.4, -0.2) is 5.66 Å². The zero-order chi connectivity index (χ0) is 11.8. The molecule has 1 aromatic rings. The Balaban J connectivity index is 0.00000144. The molecule has 17 heavy (non-hydrogen) atoms. The van der Waals surface area contributed by atoms with Crippen molar-refractivity contribution in [3.05, 3.63) is 53.1 Å². The molecule has 4 N–H and O–H groups in total. The van der Waals surface area contributed by atoms with Gasteiger partial charge in [0.15, 0.2) is 0 Å². The van der Waals surface area contributed by atoms with Crippen molar-refractivity contribution in [2.75, 3.05) is 0 Å². The van der Waals surface area contributed by atoms with Gasteiger partial charge in [-0.3, -0.25) is 0 Å². The Labute approximate surface area is 104 Å². The van der Waals surface area contributed by atoms with Gasteiger partial charge in [-0.2, -0.15) is 0 Å². The van der Waals surface area contributed by atoms with E-state index in [4.69, 9.17) is 11.5 Å². The number of rotatable bonds is 1. The SMILES string of the molecule is C.Cc1cccc(C2=CCC(N)(N)C=C2)c1C. The van der Waals surface area contributed by atoms with Crippen molar-refractivity contribution < 1.29 is 0 Å². The minimum atomic E-state index is -0.679. The Morgan fingerprint density at radius 2 is 1.88 bits per heavy atom. The molecule has 0 atom stereocenters. The summed E-state index contributed by atoms with van der Waals surface area (Å²) in [6.07, 6.45) is 6.70. The highest BCUT2D eigenvalue weighted by Gasteiger charge is 2.18. The lowest BCUT2D eigenvalue weighted by Gasteiger charge is -2.23. The van der Waals surface area contributed by atoms with E-state index in [0.29, 0.717) is 6.42 Å². The lowest BCUT2D eigenvalue weighted by atomic mass is 9.90. The van der Waals surface area contributed by atoms with Gasteiger partial charge in [0, 0.05) is 6.42 Å². The van der Waals surface area contributed by atoms with Gasteiger partial charge in [0.25, 0.3) is 0 Å². The monoisotopic (exact) mass is 230 g/mol. The van der Waals surface area contributed by atoms with Gasteiger partial charge >= 0.3 is 0 Å². The van der Waals surface area contributed by atoms with E-state index >= 15 is 0 Å². The van der Waals surface area contributed by atoms with Gasteiger partial charge in [0.2, 0.25) is 0 Å². The number of allylic oxidation sites excluding steroid dienone is 2. The fourth-order valence-corrected chi connectivity index (χ4v) is 1.93. The van der Waals surface area contributed by atoms with Crippen LogP contribution in [0.3, 0.4) is 0 Å². The second kappa shape index (κ2) is 4.86. The van der Waals surface area contributed by atoms with Gasteiger partial charge in [0.1, 0.15) is 0 Å². The molecule has 0 saturated heterocycles. The topological polar surface area (TPSA) is 52.0 Å². The van der Waals surface area contributed by atoms with Crippen molar-refractivity contribution in [2.45, 2.75) is 33.4 Å². The van der Waals surface area contributed by atoms with Crippen molar-refractivity contribution in [2.24, 2.45) is 11.5 Å². The molecule has 0 amide bonds. The molecule has 2 heteroatoms. The number of hydrogen-bond acceptors (Lipinski definition) is 2. The second-order valence-electron chi connectivity index (χ2n) is 4.56. The summed E-state index contributed by atoms with van der Waals surface area (Å²) in [5.41, 5.74) is 16.1. The maximum absolute atomic E-state index is 5.83. The molecule has 0 spiro atoms. The molecular weight excluding hydrogens is 208 g/mol. The van der Waals surface area contributed by atoms with Crippen molar-refractivity contribution in [1.29, 1.82) is 0 Å². The van der Waals surface area contributed by atoms with E-state index in [1.165, 1.54) is 22.3 Å². The molecule has 0 fully saturated rings. The summed E-state index contributed by atoms with van der Waals surface area (Å²) in [6.45, 7) is 4.27. The van der Waals surface area contributed by atoms with Crippen molar-refractivity contribution in [3.8, 4) is 0 Å². The molecule has 0 unspecified atom stereocenters. The van der Waals surface area contributed by atoms with Crippen LogP contribution >= 0.6 is 0 Å². The van der Waals surface area contributed by atoms with Crippen molar-refractivity contribution in [1.82, 2.24) is 0 Å². The number of benzene rings is 1. The van der Waals surface area contributed by atoms with Crippen molar-refractivity contribution in [3.63, 3.8) is 0 Å². The molecule has 2 nitrogen and oxygen atoms in total. The minimum absolute atomic E-state index is 0. The highest BCUT2D eigenvalue weighted by molar-refractivity contribution is 5.77. The van der Waals surface area contributed by atoms with Crippen LogP contribution in [0.1, 0.15) is 30.5 Å². The van der Waals surface area contributed by atoms with E-state index < -0.39 is 5.66 Å². The van der Waals surface area contributed by atoms with Gasteiger partial charge in [-0.15, -0.1) is 0 Å². The van der Waals surface area contributed by atoms with Gasteiger partial charge in [-0.1, -0.05) is 37.8 Å². The quantitative estimate of drug-likeness (QED) is 0.729. The van der Waals surface area contributed by atoms with Crippen LogP contribution in [0.15, 0.2) is 36.4 Å². The molecule has 1 aliphatic rings. The Bertz CT molecular complexity index is 468. The summed E-state index contributed by atoms with van der Waals surface area (Å²) in [6, 6.07) is 6.35. The highest BCUT2D eigenvalue weighted by atomic mass is 14.9. The average molecular weight is 230 g/mol. The number of nitrogens with two attached hydrogens (primary N) is 2. The molecule has 2 rings (SSSR count). The predicted molar refractivity (Wildman–Crippen MR) is 75.5 cm³/mol. The molecule has 1 aromatic carbocycles. The van der Waals surface area contributed by atoms with Gasteiger partial charge in [-0.25, -0.2) is 0 Å². The minimum Gasteiger partial charge on any atom is -0.310 e. The second-order valence-corrected chi connectivity index (χ2v) is 4.56. The predicted octanol–water partition coefficient (Wildman–Crippen LogP) is 2.90. The molecular formula is C15H22N2. The smallest absolute Gasteiger partial charge is 0.0867 e. The van der Waals surface area contributed by atoms with E-state index in [9.17, 15) is 0 Å². The summed E-state index contributed by atoms with van der Waals surface area (Å²) < 4.78 is 0. The average Bonchev–Trinajstić information content (AvgIpc) is 2.23. The fraction of sp³-hybridized carbons (Fsp3) is 0.333. The molecule has 0 aromatic heterocycles. The Morgan fingerprint density at radius 1 is 1.18 bits per heavy atom. The van der Waals surface area contributed by atoms with E-state index in [0.717, 1.165) is 0 Å². The first kappa shape index (κ1) is 13.7. The summed E-state index contributed by atoms with van der Waals surface area (Å²) in [5.74, 6) is 0. The molecule has 0 bridgehead atoms.